The number of nitrogens with zero attached hydrogens (tertiary/aromatic N) is 2. The van der Waals surface area contributed by atoms with Crippen LogP contribution in [0.5, 0.6) is 0 Å². The first-order valence-electron chi connectivity index (χ1n) is 11.7. The SMILES string of the molecule is Cc1cc(-c2cn3nc(C(=O)N[C@@H](c4ccc(F)cc4)C(C)(C)O)c(C4CC4)c3c(=O)[nH]2)ccc1Cl. The highest BCUT2D eigenvalue weighted by atomic mass is 35.5. The van der Waals surface area contributed by atoms with Gasteiger partial charge in [-0.3, -0.25) is 9.59 Å². The van der Waals surface area contributed by atoms with Gasteiger partial charge in [0, 0.05) is 10.6 Å². The molecule has 186 valence electrons. The number of amides is 1. The number of aromatic amines is 1. The summed E-state index contributed by atoms with van der Waals surface area (Å²) in [6.07, 6.45) is 3.40. The van der Waals surface area contributed by atoms with Gasteiger partial charge in [-0.05, 0) is 80.5 Å². The normalized spacial score (nSPS) is 14.7. The van der Waals surface area contributed by atoms with E-state index in [1.807, 2.05) is 19.1 Å². The standard InChI is InChI=1S/C27H26ClFN4O3/c1-14-12-17(8-11-19(14)28)20-13-33-23(26(35)30-20)21(15-4-5-15)22(32-33)25(34)31-24(27(2,3)36)16-6-9-18(29)10-7-16/h6-13,15,24,36H,4-5H2,1-3H3,(H,30,35)(H,31,34)/t24-/m0/s1. The molecule has 3 N–H and O–H groups in total. The third kappa shape index (κ3) is 4.54. The van der Waals surface area contributed by atoms with E-state index in [1.165, 1.54) is 28.8 Å². The van der Waals surface area contributed by atoms with Crippen molar-refractivity contribution >= 4 is 23.0 Å². The molecule has 1 saturated carbocycles. The minimum Gasteiger partial charge on any atom is -0.388 e. The molecule has 0 spiro atoms. The van der Waals surface area contributed by atoms with E-state index in [0.29, 0.717) is 27.4 Å². The highest BCUT2D eigenvalue weighted by Crippen LogP contribution is 2.43. The van der Waals surface area contributed by atoms with Gasteiger partial charge in [-0.25, -0.2) is 8.91 Å². The van der Waals surface area contributed by atoms with Crippen LogP contribution in [0.1, 0.15) is 65.8 Å². The molecule has 0 aliphatic heterocycles. The Labute approximate surface area is 211 Å². The lowest BCUT2D eigenvalue weighted by atomic mass is 9.91. The molecule has 2 aromatic carbocycles. The molecule has 7 nitrogen and oxygen atoms in total. The van der Waals surface area contributed by atoms with E-state index in [2.05, 4.69) is 15.4 Å². The molecule has 0 radical (unpaired) electrons. The molecular weight excluding hydrogens is 483 g/mol. The van der Waals surface area contributed by atoms with E-state index in [4.69, 9.17) is 11.6 Å². The number of hydrogen-bond donors (Lipinski definition) is 3. The number of aryl methyl sites for hydroxylation is 1. The second kappa shape index (κ2) is 8.87. The molecule has 1 aliphatic rings. The average molecular weight is 509 g/mol. The molecule has 9 heteroatoms. The van der Waals surface area contributed by atoms with Gasteiger partial charge >= 0.3 is 0 Å². The summed E-state index contributed by atoms with van der Waals surface area (Å²) in [5.41, 5.74) is 2.12. The van der Waals surface area contributed by atoms with Crippen molar-refractivity contribution in [1.82, 2.24) is 19.9 Å². The molecule has 5 rings (SSSR count). The number of aliphatic hydroxyl groups is 1. The molecule has 0 unspecified atom stereocenters. The summed E-state index contributed by atoms with van der Waals surface area (Å²) in [7, 11) is 0. The molecule has 1 aliphatic carbocycles. The number of halogens is 2. The van der Waals surface area contributed by atoms with Crippen molar-refractivity contribution in [2.75, 3.05) is 0 Å². The summed E-state index contributed by atoms with van der Waals surface area (Å²) < 4.78 is 14.9. The molecule has 4 aromatic rings. The zero-order chi connectivity index (χ0) is 25.8. The van der Waals surface area contributed by atoms with Gasteiger partial charge < -0.3 is 15.4 Å². The second-order valence-electron chi connectivity index (χ2n) is 9.90. The molecule has 0 saturated heterocycles. The number of benzene rings is 2. The topological polar surface area (TPSA) is 99.5 Å². The van der Waals surface area contributed by atoms with Gasteiger partial charge in [0.15, 0.2) is 5.69 Å². The van der Waals surface area contributed by atoms with Crippen LogP contribution in [0.25, 0.3) is 16.8 Å². The van der Waals surface area contributed by atoms with Crippen LogP contribution in [0.2, 0.25) is 5.02 Å². The van der Waals surface area contributed by atoms with E-state index >= 15 is 0 Å². The van der Waals surface area contributed by atoms with Crippen LogP contribution in [0.4, 0.5) is 4.39 Å². The fraction of sp³-hybridized carbons (Fsp3) is 0.296. The van der Waals surface area contributed by atoms with Crippen molar-refractivity contribution in [2.45, 2.75) is 51.2 Å². The number of H-pyrrole nitrogens is 1. The summed E-state index contributed by atoms with van der Waals surface area (Å²) in [4.78, 5) is 29.6. The van der Waals surface area contributed by atoms with E-state index in [-0.39, 0.29) is 17.2 Å². The fourth-order valence-corrected chi connectivity index (χ4v) is 4.63. The van der Waals surface area contributed by atoms with Gasteiger partial charge in [0.25, 0.3) is 11.5 Å². The van der Waals surface area contributed by atoms with Crippen LogP contribution in [0.15, 0.2) is 53.5 Å². The summed E-state index contributed by atoms with van der Waals surface area (Å²) in [5, 5.41) is 18.8. The largest absolute Gasteiger partial charge is 0.388 e. The fourth-order valence-electron chi connectivity index (χ4n) is 4.51. The van der Waals surface area contributed by atoms with E-state index in [1.54, 1.807) is 26.1 Å². The van der Waals surface area contributed by atoms with Crippen LogP contribution in [-0.2, 0) is 0 Å². The Balaban J connectivity index is 1.58. The Morgan fingerprint density at radius 3 is 2.56 bits per heavy atom. The first kappa shape index (κ1) is 24.2. The Bertz CT molecular complexity index is 1530. The molecule has 1 fully saturated rings. The van der Waals surface area contributed by atoms with E-state index in [0.717, 1.165) is 24.0 Å². The molecule has 2 aromatic heterocycles. The second-order valence-corrected chi connectivity index (χ2v) is 10.3. The zero-order valence-electron chi connectivity index (χ0n) is 20.1. The smallest absolute Gasteiger partial charge is 0.274 e. The van der Waals surface area contributed by atoms with Crippen LogP contribution >= 0.6 is 11.6 Å². The predicted molar refractivity (Wildman–Crippen MR) is 136 cm³/mol. The highest BCUT2D eigenvalue weighted by Gasteiger charge is 2.37. The van der Waals surface area contributed by atoms with Crippen molar-refractivity contribution in [2.24, 2.45) is 0 Å². The molecule has 1 amide bonds. The highest BCUT2D eigenvalue weighted by molar-refractivity contribution is 6.31. The third-order valence-corrected chi connectivity index (χ3v) is 6.94. The van der Waals surface area contributed by atoms with Crippen LogP contribution in [0, 0.1) is 12.7 Å². The van der Waals surface area contributed by atoms with Crippen molar-refractivity contribution in [3.63, 3.8) is 0 Å². The third-order valence-electron chi connectivity index (χ3n) is 6.52. The van der Waals surface area contributed by atoms with Crippen LogP contribution in [0.3, 0.4) is 0 Å². The van der Waals surface area contributed by atoms with E-state index < -0.39 is 23.4 Å². The maximum atomic E-state index is 13.5. The maximum absolute atomic E-state index is 13.5. The Hall–Kier alpha value is -3.49. The monoisotopic (exact) mass is 508 g/mol. The number of carbonyl (C=O) groups is 1. The Morgan fingerprint density at radius 2 is 1.94 bits per heavy atom. The van der Waals surface area contributed by atoms with Gasteiger partial charge in [-0.2, -0.15) is 5.10 Å². The minimum atomic E-state index is -1.34. The average Bonchev–Trinajstić information content (AvgIpc) is 3.58. The van der Waals surface area contributed by atoms with Gasteiger partial charge in [0.05, 0.1) is 23.5 Å². The number of rotatable bonds is 6. The molecular formula is C27H26ClFN4O3. The lowest BCUT2D eigenvalue weighted by molar-refractivity contribution is 0.0342. The number of carbonyl (C=O) groups excluding carboxylic acids is 1. The summed E-state index contributed by atoms with van der Waals surface area (Å²) in [6.45, 7) is 5.01. The molecule has 36 heavy (non-hydrogen) atoms. The lowest BCUT2D eigenvalue weighted by Gasteiger charge is -2.30. The van der Waals surface area contributed by atoms with Crippen molar-refractivity contribution in [3.05, 3.63) is 92.2 Å². The van der Waals surface area contributed by atoms with Gasteiger partial charge in [-0.1, -0.05) is 29.8 Å². The number of hydrogen-bond acceptors (Lipinski definition) is 4. The van der Waals surface area contributed by atoms with Crippen molar-refractivity contribution in [3.8, 4) is 11.3 Å². The van der Waals surface area contributed by atoms with Crippen molar-refractivity contribution in [1.29, 1.82) is 0 Å². The van der Waals surface area contributed by atoms with Crippen LogP contribution < -0.4 is 10.9 Å². The molecule has 2 heterocycles. The number of fused-ring (bicyclic) bond motifs is 1. The van der Waals surface area contributed by atoms with E-state index in [9.17, 15) is 19.1 Å². The van der Waals surface area contributed by atoms with Gasteiger partial charge in [-0.15, -0.1) is 0 Å². The van der Waals surface area contributed by atoms with Gasteiger partial charge in [0.1, 0.15) is 11.3 Å². The van der Waals surface area contributed by atoms with Crippen molar-refractivity contribution < 1.29 is 14.3 Å². The molecule has 0 bridgehead atoms. The Kier molecular flexibility index (Phi) is 5.97. The summed E-state index contributed by atoms with van der Waals surface area (Å²) in [6, 6.07) is 10.2. The van der Waals surface area contributed by atoms with Gasteiger partial charge in [0.2, 0.25) is 0 Å². The maximum Gasteiger partial charge on any atom is 0.274 e. The number of aromatic nitrogens is 3. The minimum absolute atomic E-state index is 0.0550. The predicted octanol–water partition coefficient (Wildman–Crippen LogP) is 4.91. The number of nitrogens with one attached hydrogen (secondary N) is 2. The summed E-state index contributed by atoms with van der Waals surface area (Å²) >= 11 is 6.15. The lowest BCUT2D eigenvalue weighted by Crippen LogP contribution is -2.42. The first-order valence-corrected chi connectivity index (χ1v) is 12.1. The van der Waals surface area contributed by atoms with Crippen LogP contribution in [-0.4, -0.2) is 31.2 Å². The summed E-state index contributed by atoms with van der Waals surface area (Å²) in [5.74, 6) is -0.874. The quantitative estimate of drug-likeness (QED) is 0.344. The zero-order valence-corrected chi connectivity index (χ0v) is 20.9. The Morgan fingerprint density at radius 1 is 1.25 bits per heavy atom. The molecule has 1 atom stereocenters. The first-order chi connectivity index (χ1) is 17.0.